The fourth-order valence-electron chi connectivity index (χ4n) is 4.50. The van der Waals surface area contributed by atoms with Crippen LogP contribution >= 0.6 is 0 Å². The molecule has 0 heterocycles. The molecule has 0 fully saturated rings. The molecule has 3 aromatic rings. The van der Waals surface area contributed by atoms with Gasteiger partial charge in [-0.3, -0.25) is 13.9 Å². The van der Waals surface area contributed by atoms with Crippen molar-refractivity contribution in [1.29, 1.82) is 0 Å². The molecular weight excluding hydrogens is 541 g/mol. The molecule has 2 unspecified atom stereocenters. The van der Waals surface area contributed by atoms with Crippen molar-refractivity contribution in [2.75, 3.05) is 10.8 Å². The summed E-state index contributed by atoms with van der Waals surface area (Å²) < 4.78 is 42.9. The molecule has 41 heavy (non-hydrogen) atoms. The summed E-state index contributed by atoms with van der Waals surface area (Å²) in [6, 6.07) is 16.5. The first-order valence-electron chi connectivity index (χ1n) is 13.9. The topological polar surface area (TPSA) is 86.8 Å². The summed E-state index contributed by atoms with van der Waals surface area (Å²) in [6.45, 7) is 10.7. The van der Waals surface area contributed by atoms with Crippen molar-refractivity contribution in [2.45, 2.75) is 77.9 Å². The zero-order valence-electron chi connectivity index (χ0n) is 24.6. The molecule has 0 radical (unpaired) electrons. The highest BCUT2D eigenvalue weighted by Gasteiger charge is 2.34. The molecule has 7 nitrogen and oxygen atoms in total. The van der Waals surface area contributed by atoms with E-state index >= 15 is 0 Å². The van der Waals surface area contributed by atoms with E-state index in [0.29, 0.717) is 24.1 Å². The molecule has 2 amide bonds. The van der Waals surface area contributed by atoms with E-state index in [9.17, 15) is 22.4 Å². The molecule has 0 bridgehead atoms. The third-order valence-electron chi connectivity index (χ3n) is 7.39. The van der Waals surface area contributed by atoms with Gasteiger partial charge in [0.15, 0.2) is 0 Å². The quantitative estimate of drug-likeness (QED) is 0.299. The summed E-state index contributed by atoms with van der Waals surface area (Å²) in [4.78, 5) is 28.9. The minimum absolute atomic E-state index is 0.0107. The lowest BCUT2D eigenvalue weighted by atomic mass is 10.1. The molecule has 2 atom stereocenters. The van der Waals surface area contributed by atoms with Gasteiger partial charge < -0.3 is 10.2 Å². The van der Waals surface area contributed by atoms with E-state index in [4.69, 9.17) is 0 Å². The first kappa shape index (κ1) is 31.8. The lowest BCUT2D eigenvalue weighted by molar-refractivity contribution is -0.140. The van der Waals surface area contributed by atoms with Crippen LogP contribution in [0.1, 0.15) is 55.9 Å². The Bertz CT molecular complexity index is 1460. The number of sulfonamides is 1. The van der Waals surface area contributed by atoms with E-state index in [1.165, 1.54) is 29.2 Å². The number of benzene rings is 3. The van der Waals surface area contributed by atoms with E-state index in [-0.39, 0.29) is 23.4 Å². The molecule has 0 spiro atoms. The maximum Gasteiger partial charge on any atom is 0.264 e. The number of nitrogens with zero attached hydrogens (tertiary/aromatic N) is 2. The van der Waals surface area contributed by atoms with Crippen LogP contribution < -0.4 is 9.62 Å². The summed E-state index contributed by atoms with van der Waals surface area (Å²) in [7, 11) is -4.16. The summed E-state index contributed by atoms with van der Waals surface area (Å²) in [5.41, 5.74) is 3.51. The summed E-state index contributed by atoms with van der Waals surface area (Å²) in [6.07, 6.45) is 1.02. The molecule has 1 N–H and O–H groups in total. The van der Waals surface area contributed by atoms with Crippen LogP contribution in [0.4, 0.5) is 10.1 Å². The number of halogens is 1. The number of nitrogens with one attached hydrogen (secondary N) is 1. The van der Waals surface area contributed by atoms with E-state index < -0.39 is 34.3 Å². The molecule has 3 rings (SSSR count). The van der Waals surface area contributed by atoms with Crippen LogP contribution in [0, 0.1) is 26.6 Å². The van der Waals surface area contributed by atoms with Crippen molar-refractivity contribution in [3.05, 3.63) is 94.8 Å². The molecule has 0 aliphatic carbocycles. The van der Waals surface area contributed by atoms with Gasteiger partial charge in [-0.2, -0.15) is 0 Å². The van der Waals surface area contributed by atoms with E-state index in [0.717, 1.165) is 21.0 Å². The number of carbonyl (C=O) groups excluding carboxylic acids is 2. The van der Waals surface area contributed by atoms with Crippen molar-refractivity contribution in [2.24, 2.45) is 0 Å². The van der Waals surface area contributed by atoms with E-state index in [1.807, 2.05) is 40.7 Å². The Hall–Kier alpha value is -3.72. The van der Waals surface area contributed by atoms with Crippen molar-refractivity contribution in [3.8, 4) is 0 Å². The summed E-state index contributed by atoms with van der Waals surface area (Å²) in [5, 5.41) is 2.95. The predicted octanol–water partition coefficient (Wildman–Crippen LogP) is 5.67. The van der Waals surface area contributed by atoms with Gasteiger partial charge in [0.05, 0.1) is 10.6 Å². The number of carbonyl (C=O) groups is 2. The van der Waals surface area contributed by atoms with E-state index in [1.54, 1.807) is 43.3 Å². The molecular formula is C32H40FN3O4S. The van der Waals surface area contributed by atoms with E-state index in [2.05, 4.69) is 5.32 Å². The number of aryl methyl sites for hydroxylation is 2. The number of amides is 2. The smallest absolute Gasteiger partial charge is 0.264 e. The highest BCUT2D eigenvalue weighted by molar-refractivity contribution is 7.92. The van der Waals surface area contributed by atoms with Crippen molar-refractivity contribution >= 4 is 27.5 Å². The largest absolute Gasteiger partial charge is 0.352 e. The highest BCUT2D eigenvalue weighted by atomic mass is 32.2. The Morgan fingerprint density at radius 3 is 2.12 bits per heavy atom. The fraction of sp³-hybridized carbons (Fsp3) is 0.375. The van der Waals surface area contributed by atoms with Gasteiger partial charge in [-0.15, -0.1) is 0 Å². The van der Waals surface area contributed by atoms with Gasteiger partial charge in [0.25, 0.3) is 10.0 Å². The molecule has 0 saturated carbocycles. The summed E-state index contributed by atoms with van der Waals surface area (Å²) >= 11 is 0. The molecule has 9 heteroatoms. The lowest BCUT2D eigenvalue weighted by Crippen LogP contribution is -2.53. The zero-order chi connectivity index (χ0) is 30.3. The SMILES string of the molecule is CCC(C)NC(=O)C(CC)N(Cc1ccc(F)cc1)C(=O)CN(c1cccc(C)c1C)S(=O)(=O)c1ccc(C)cc1. The van der Waals surface area contributed by atoms with Crippen LogP contribution in [-0.4, -0.2) is 43.8 Å². The van der Waals surface area contributed by atoms with Gasteiger partial charge in [-0.05, 0) is 87.6 Å². The van der Waals surface area contributed by atoms with Crippen LogP contribution in [0.25, 0.3) is 0 Å². The average molecular weight is 582 g/mol. The van der Waals surface area contributed by atoms with Gasteiger partial charge in [-0.25, -0.2) is 12.8 Å². The number of rotatable bonds is 12. The third kappa shape index (κ3) is 7.73. The van der Waals surface area contributed by atoms with Crippen LogP contribution in [0.5, 0.6) is 0 Å². The van der Waals surface area contributed by atoms with Gasteiger partial charge >= 0.3 is 0 Å². The zero-order valence-corrected chi connectivity index (χ0v) is 25.5. The Kier molecular flexibility index (Phi) is 10.7. The van der Waals surface area contributed by atoms with Gasteiger partial charge in [-0.1, -0.05) is 55.8 Å². The average Bonchev–Trinajstić information content (AvgIpc) is 2.94. The molecule has 0 saturated heterocycles. The highest BCUT2D eigenvalue weighted by Crippen LogP contribution is 2.29. The third-order valence-corrected chi connectivity index (χ3v) is 9.16. The number of anilines is 1. The maximum atomic E-state index is 14.2. The molecule has 220 valence electrons. The maximum absolute atomic E-state index is 14.2. The first-order chi connectivity index (χ1) is 19.4. The van der Waals surface area contributed by atoms with Crippen molar-refractivity contribution in [3.63, 3.8) is 0 Å². The second-order valence-corrected chi connectivity index (χ2v) is 12.3. The molecule has 3 aromatic carbocycles. The minimum Gasteiger partial charge on any atom is -0.352 e. The van der Waals surface area contributed by atoms with Gasteiger partial charge in [0.1, 0.15) is 18.4 Å². The van der Waals surface area contributed by atoms with Crippen LogP contribution in [0.2, 0.25) is 0 Å². The molecule has 0 aromatic heterocycles. The summed E-state index contributed by atoms with van der Waals surface area (Å²) in [5.74, 6) is -1.28. The Morgan fingerprint density at radius 1 is 0.902 bits per heavy atom. The first-order valence-corrected chi connectivity index (χ1v) is 15.3. The van der Waals surface area contributed by atoms with Crippen molar-refractivity contribution in [1.82, 2.24) is 10.2 Å². The number of hydrogen-bond acceptors (Lipinski definition) is 4. The molecule has 0 aliphatic rings. The van der Waals surface area contributed by atoms with Gasteiger partial charge in [0.2, 0.25) is 11.8 Å². The van der Waals surface area contributed by atoms with Crippen LogP contribution in [0.3, 0.4) is 0 Å². The van der Waals surface area contributed by atoms with Crippen molar-refractivity contribution < 1.29 is 22.4 Å². The minimum atomic E-state index is -4.16. The number of hydrogen-bond donors (Lipinski definition) is 1. The fourth-order valence-corrected chi connectivity index (χ4v) is 5.98. The van der Waals surface area contributed by atoms with Gasteiger partial charge in [0, 0.05) is 12.6 Å². The monoisotopic (exact) mass is 581 g/mol. The standard InChI is InChI=1S/C32H40FN3O4S/c1-7-24(5)34-32(38)29(8-2)35(20-26-14-16-27(33)17-15-26)31(37)21-36(30-11-9-10-23(4)25(30)6)41(39,40)28-18-12-22(3)13-19-28/h9-19,24,29H,7-8,20-21H2,1-6H3,(H,34,38). The predicted molar refractivity (Wildman–Crippen MR) is 161 cm³/mol. The Balaban J connectivity index is 2.10. The normalized spacial score (nSPS) is 12.9. The lowest BCUT2D eigenvalue weighted by Gasteiger charge is -2.34. The second kappa shape index (κ2) is 13.8. The van der Waals surface area contributed by atoms with Crippen LogP contribution in [-0.2, 0) is 26.2 Å². The Labute approximate surface area is 243 Å². The molecule has 0 aliphatic heterocycles. The Morgan fingerprint density at radius 2 is 1.54 bits per heavy atom. The van der Waals surface area contributed by atoms with Crippen LogP contribution in [0.15, 0.2) is 71.6 Å². The second-order valence-electron chi connectivity index (χ2n) is 10.4.